The fraction of sp³-hybridized carbons (Fsp3) is 0.111. The van der Waals surface area contributed by atoms with E-state index in [1.54, 1.807) is 12.1 Å². The number of aryl methyl sites for hydroxylation is 1. The minimum absolute atomic E-state index is 0.0168. The van der Waals surface area contributed by atoms with E-state index in [-0.39, 0.29) is 38.3 Å². The summed E-state index contributed by atoms with van der Waals surface area (Å²) in [5.74, 6) is -3.26. The number of carboxylic acid groups (broad SMARTS) is 1. The monoisotopic (exact) mass is 552 g/mol. The van der Waals surface area contributed by atoms with Crippen LogP contribution in [0, 0.1) is 0 Å². The normalized spacial score (nSPS) is 13.1. The average Bonchev–Trinajstić information content (AvgIpc) is 3.12. The Kier molecular flexibility index (Phi) is 7.70. The average molecular weight is 553 g/mol. The molecule has 1 heterocycles. The molecule has 0 atom stereocenters. The van der Waals surface area contributed by atoms with Crippen molar-refractivity contribution in [1.82, 2.24) is 0 Å². The second-order valence-corrected chi connectivity index (χ2v) is 8.88. The number of para-hydroxylation sites is 1. The second-order valence-electron chi connectivity index (χ2n) is 8.09. The molecular formula is C27H20Cl2N3O6-. The lowest BCUT2D eigenvalue weighted by atomic mass is 10.1. The van der Waals surface area contributed by atoms with E-state index in [2.05, 4.69) is 10.6 Å². The third kappa shape index (κ3) is 5.06. The largest absolute Gasteiger partial charge is 0.545 e. The Morgan fingerprint density at radius 2 is 1.68 bits per heavy atom. The molecule has 3 aromatic rings. The van der Waals surface area contributed by atoms with Gasteiger partial charge in [0.2, 0.25) is 0 Å². The highest BCUT2D eigenvalue weighted by molar-refractivity contribution is 6.53. The topological polar surface area (TPSA) is 128 Å². The third-order valence-electron chi connectivity index (χ3n) is 5.81. The molecule has 0 spiro atoms. The van der Waals surface area contributed by atoms with E-state index in [1.165, 1.54) is 37.4 Å². The van der Waals surface area contributed by atoms with Crippen molar-refractivity contribution < 1.29 is 29.0 Å². The molecule has 194 valence electrons. The third-order valence-corrected chi connectivity index (χ3v) is 6.48. The van der Waals surface area contributed by atoms with Gasteiger partial charge in [0.05, 0.1) is 29.5 Å². The first-order valence-electron chi connectivity index (χ1n) is 11.3. The molecule has 3 aromatic carbocycles. The first-order chi connectivity index (χ1) is 18.2. The number of aromatic carboxylic acids is 1. The number of hydrogen-bond acceptors (Lipinski definition) is 7. The molecule has 11 heteroatoms. The van der Waals surface area contributed by atoms with Crippen molar-refractivity contribution in [2.45, 2.75) is 13.3 Å². The van der Waals surface area contributed by atoms with E-state index in [0.29, 0.717) is 17.8 Å². The summed E-state index contributed by atoms with van der Waals surface area (Å²) in [6.45, 7) is 1.92. The highest BCUT2D eigenvalue weighted by Gasteiger charge is 2.39. The number of carbonyl (C=O) groups is 4. The summed E-state index contributed by atoms with van der Waals surface area (Å²) in [7, 11) is 1.28. The summed E-state index contributed by atoms with van der Waals surface area (Å²) in [6.07, 6.45) is 0.621. The van der Waals surface area contributed by atoms with Crippen molar-refractivity contribution in [3.63, 3.8) is 0 Å². The number of carbonyl (C=O) groups excluding carboxylic acids is 4. The molecule has 4 rings (SSSR count). The fourth-order valence-electron chi connectivity index (χ4n) is 3.88. The maximum absolute atomic E-state index is 13.1. The second kappa shape index (κ2) is 11.0. The van der Waals surface area contributed by atoms with Crippen LogP contribution in [-0.2, 0) is 16.0 Å². The van der Waals surface area contributed by atoms with Crippen LogP contribution >= 0.6 is 23.2 Å². The van der Waals surface area contributed by atoms with Gasteiger partial charge < -0.3 is 25.3 Å². The lowest BCUT2D eigenvalue weighted by Crippen LogP contribution is -2.33. The Labute approximate surface area is 227 Å². The van der Waals surface area contributed by atoms with Crippen LogP contribution in [0.15, 0.2) is 71.4 Å². The molecule has 0 aromatic heterocycles. The minimum Gasteiger partial charge on any atom is -0.545 e. The van der Waals surface area contributed by atoms with Gasteiger partial charge in [0.25, 0.3) is 17.7 Å². The zero-order valence-electron chi connectivity index (χ0n) is 20.1. The Morgan fingerprint density at radius 3 is 2.32 bits per heavy atom. The van der Waals surface area contributed by atoms with E-state index in [0.717, 1.165) is 16.5 Å². The van der Waals surface area contributed by atoms with Crippen molar-refractivity contribution in [1.29, 1.82) is 0 Å². The van der Waals surface area contributed by atoms with E-state index in [1.807, 2.05) is 19.1 Å². The van der Waals surface area contributed by atoms with E-state index in [4.69, 9.17) is 27.9 Å². The van der Waals surface area contributed by atoms with E-state index >= 15 is 0 Å². The lowest BCUT2D eigenvalue weighted by Gasteiger charge is -2.18. The number of amides is 3. The predicted octanol–water partition coefficient (Wildman–Crippen LogP) is 3.96. The van der Waals surface area contributed by atoms with Gasteiger partial charge in [-0.2, -0.15) is 0 Å². The first-order valence-corrected chi connectivity index (χ1v) is 12.1. The van der Waals surface area contributed by atoms with Crippen LogP contribution in [0.2, 0.25) is 5.02 Å². The lowest BCUT2D eigenvalue weighted by molar-refractivity contribution is -0.255. The Bertz CT molecular complexity index is 1500. The number of ether oxygens (including phenoxy) is 1. The van der Waals surface area contributed by atoms with Crippen LogP contribution in [0.25, 0.3) is 0 Å². The summed E-state index contributed by atoms with van der Waals surface area (Å²) >= 11 is 12.3. The molecule has 0 fully saturated rings. The van der Waals surface area contributed by atoms with Crippen LogP contribution in [0.5, 0.6) is 5.75 Å². The molecule has 0 radical (unpaired) electrons. The number of benzene rings is 3. The zero-order chi connectivity index (χ0) is 27.6. The minimum atomic E-state index is -1.47. The standard InChI is InChI=1S/C27H21Cl2N3O6/c1-3-14-6-4-5-7-20(14)32-25(34)22(29)23(26(32)35)30-16-10-8-15(9-11-16)24(33)31-19-13-21(38-2)17(27(36)37)12-18(19)28/h4-13,30H,3H2,1-2H3,(H,31,33)(H,36,37)/p-1. The quantitative estimate of drug-likeness (QED) is 0.404. The number of halogens is 2. The Balaban J connectivity index is 1.50. The molecule has 2 N–H and O–H groups in total. The molecule has 0 saturated heterocycles. The van der Waals surface area contributed by atoms with Gasteiger partial charge in [0.15, 0.2) is 0 Å². The van der Waals surface area contributed by atoms with Gasteiger partial charge in [-0.1, -0.05) is 48.3 Å². The van der Waals surface area contributed by atoms with Crippen LogP contribution in [0.3, 0.4) is 0 Å². The molecule has 0 saturated carbocycles. The molecule has 3 amide bonds. The van der Waals surface area contributed by atoms with Crippen LogP contribution in [0.4, 0.5) is 17.1 Å². The van der Waals surface area contributed by atoms with Crippen LogP contribution < -0.4 is 25.4 Å². The van der Waals surface area contributed by atoms with Crippen molar-refractivity contribution in [2.75, 3.05) is 22.6 Å². The highest BCUT2D eigenvalue weighted by Crippen LogP contribution is 2.33. The molecular weight excluding hydrogens is 533 g/mol. The van der Waals surface area contributed by atoms with Gasteiger partial charge in [-0.25, -0.2) is 4.90 Å². The summed E-state index contributed by atoms with van der Waals surface area (Å²) < 4.78 is 5.03. The number of methoxy groups -OCH3 is 1. The summed E-state index contributed by atoms with van der Waals surface area (Å²) in [5.41, 5.74) is 1.75. The van der Waals surface area contributed by atoms with Crippen molar-refractivity contribution >= 4 is 64.0 Å². The highest BCUT2D eigenvalue weighted by atomic mass is 35.5. The van der Waals surface area contributed by atoms with Crippen LogP contribution in [-0.4, -0.2) is 30.8 Å². The van der Waals surface area contributed by atoms with E-state index < -0.39 is 23.7 Å². The van der Waals surface area contributed by atoms with Gasteiger partial charge in [0, 0.05) is 22.9 Å². The maximum atomic E-state index is 13.1. The number of nitrogens with one attached hydrogen (secondary N) is 2. The zero-order valence-corrected chi connectivity index (χ0v) is 21.6. The van der Waals surface area contributed by atoms with Gasteiger partial charge in [-0.05, 0) is 48.4 Å². The molecule has 38 heavy (non-hydrogen) atoms. The van der Waals surface area contributed by atoms with Gasteiger partial charge in [-0.3, -0.25) is 14.4 Å². The SMILES string of the molecule is CCc1ccccc1N1C(=O)C(Cl)=C(Nc2ccc(C(=O)Nc3cc(OC)c(C(=O)[O-])cc3Cl)cc2)C1=O. The summed E-state index contributed by atoms with van der Waals surface area (Å²) in [6, 6.07) is 15.5. The Morgan fingerprint density at radius 1 is 1.00 bits per heavy atom. The van der Waals surface area contributed by atoms with Crippen molar-refractivity contribution in [2.24, 2.45) is 0 Å². The smallest absolute Gasteiger partial charge is 0.283 e. The number of imide groups is 1. The molecule has 9 nitrogen and oxygen atoms in total. The fourth-order valence-corrected chi connectivity index (χ4v) is 4.30. The first kappa shape index (κ1) is 26.7. The van der Waals surface area contributed by atoms with Gasteiger partial charge in [0.1, 0.15) is 16.5 Å². The summed E-state index contributed by atoms with van der Waals surface area (Å²) in [4.78, 5) is 50.9. The van der Waals surface area contributed by atoms with Crippen molar-refractivity contribution in [3.05, 3.63) is 93.1 Å². The molecule has 0 unspecified atom stereocenters. The number of nitrogens with zero attached hydrogens (tertiary/aromatic N) is 1. The summed E-state index contributed by atoms with van der Waals surface area (Å²) in [5, 5.41) is 16.4. The molecule has 1 aliphatic rings. The van der Waals surface area contributed by atoms with Crippen LogP contribution in [0.1, 0.15) is 33.2 Å². The predicted molar refractivity (Wildman–Crippen MR) is 142 cm³/mol. The number of hydrogen-bond donors (Lipinski definition) is 2. The van der Waals surface area contributed by atoms with Gasteiger partial charge >= 0.3 is 0 Å². The molecule has 0 aliphatic carbocycles. The number of anilines is 3. The molecule has 1 aliphatic heterocycles. The number of carboxylic acids is 1. The molecule has 0 bridgehead atoms. The number of rotatable bonds is 8. The maximum Gasteiger partial charge on any atom is 0.283 e. The Hall–Kier alpha value is -4.34. The van der Waals surface area contributed by atoms with Crippen molar-refractivity contribution in [3.8, 4) is 5.75 Å². The van der Waals surface area contributed by atoms with Gasteiger partial charge in [-0.15, -0.1) is 0 Å². The van der Waals surface area contributed by atoms with E-state index in [9.17, 15) is 24.3 Å².